The first-order valence-corrected chi connectivity index (χ1v) is 7.35. The first-order chi connectivity index (χ1) is 8.74. The van der Waals surface area contributed by atoms with E-state index in [1.807, 2.05) is 11.8 Å². The summed E-state index contributed by atoms with van der Waals surface area (Å²) in [5.41, 5.74) is 0. The molecule has 1 saturated carbocycles. The van der Waals surface area contributed by atoms with E-state index in [9.17, 15) is 4.79 Å². The third-order valence-corrected chi connectivity index (χ3v) is 4.39. The van der Waals surface area contributed by atoms with Crippen molar-refractivity contribution in [2.45, 2.75) is 26.2 Å². The summed E-state index contributed by atoms with van der Waals surface area (Å²) in [6.45, 7) is 5.49. The third kappa shape index (κ3) is 2.48. The van der Waals surface area contributed by atoms with Crippen LogP contribution in [0.15, 0.2) is 0 Å². The number of hydrogen-bond acceptors (Lipinski definition) is 5. The van der Waals surface area contributed by atoms with Crippen molar-refractivity contribution >= 4 is 22.6 Å². The molecule has 1 aliphatic carbocycles. The van der Waals surface area contributed by atoms with Gasteiger partial charge in [-0.3, -0.25) is 4.79 Å². The Bertz CT molecular complexity index is 443. The van der Waals surface area contributed by atoms with E-state index in [1.54, 1.807) is 0 Å². The van der Waals surface area contributed by atoms with E-state index in [0.717, 1.165) is 56.4 Å². The molecule has 6 heteroatoms. The third-order valence-electron chi connectivity index (χ3n) is 3.52. The molecule has 1 amide bonds. The molecule has 2 aliphatic rings. The summed E-state index contributed by atoms with van der Waals surface area (Å²) in [6, 6.07) is 0. The Hall–Kier alpha value is -1.17. The molecule has 2 fully saturated rings. The minimum absolute atomic E-state index is 0.334. The largest absolute Gasteiger partial charge is 0.345 e. The number of carbonyl (C=O) groups excluding carboxylic acids is 1. The monoisotopic (exact) mass is 266 g/mol. The topological polar surface area (TPSA) is 49.3 Å². The summed E-state index contributed by atoms with van der Waals surface area (Å²) >= 11 is 1.45. The van der Waals surface area contributed by atoms with Crippen LogP contribution in [-0.4, -0.2) is 46.3 Å². The molecule has 0 aromatic carbocycles. The molecule has 2 heterocycles. The highest BCUT2D eigenvalue weighted by atomic mass is 32.1. The molecule has 18 heavy (non-hydrogen) atoms. The van der Waals surface area contributed by atoms with Gasteiger partial charge in [0.25, 0.3) is 0 Å². The van der Waals surface area contributed by atoms with Crippen LogP contribution in [0.25, 0.3) is 0 Å². The maximum Gasteiger partial charge on any atom is 0.225 e. The zero-order valence-corrected chi connectivity index (χ0v) is 11.4. The number of nitrogens with zero attached hydrogens (tertiary/aromatic N) is 4. The van der Waals surface area contributed by atoms with Crippen LogP contribution in [0.4, 0.5) is 5.13 Å². The normalized spacial score (nSPS) is 20.9. The van der Waals surface area contributed by atoms with Crippen LogP contribution in [0, 0.1) is 12.8 Å². The molecular weight excluding hydrogens is 248 g/mol. The second-order valence-corrected chi connectivity index (χ2v) is 5.79. The molecule has 0 radical (unpaired) electrons. The van der Waals surface area contributed by atoms with Gasteiger partial charge in [-0.25, -0.2) is 4.98 Å². The maximum absolute atomic E-state index is 12.0. The quantitative estimate of drug-likeness (QED) is 0.809. The lowest BCUT2D eigenvalue weighted by atomic mass is 10.3. The minimum Gasteiger partial charge on any atom is -0.345 e. The van der Waals surface area contributed by atoms with Gasteiger partial charge in [-0.2, -0.15) is 4.37 Å². The second-order valence-electron chi connectivity index (χ2n) is 5.06. The molecule has 0 N–H and O–H groups in total. The average Bonchev–Trinajstić information content (AvgIpc) is 3.16. The van der Waals surface area contributed by atoms with E-state index < -0.39 is 0 Å². The number of aromatic nitrogens is 2. The lowest BCUT2D eigenvalue weighted by molar-refractivity contribution is -0.132. The van der Waals surface area contributed by atoms with Gasteiger partial charge in [0, 0.05) is 43.6 Å². The maximum atomic E-state index is 12.0. The highest BCUT2D eigenvalue weighted by molar-refractivity contribution is 7.09. The number of aryl methyl sites for hydroxylation is 1. The minimum atomic E-state index is 0.334. The number of anilines is 1. The van der Waals surface area contributed by atoms with Gasteiger partial charge >= 0.3 is 0 Å². The summed E-state index contributed by atoms with van der Waals surface area (Å²) < 4.78 is 4.22. The van der Waals surface area contributed by atoms with E-state index in [-0.39, 0.29) is 0 Å². The van der Waals surface area contributed by atoms with Gasteiger partial charge in [-0.15, -0.1) is 0 Å². The fraction of sp³-hybridized carbons (Fsp3) is 0.750. The average molecular weight is 266 g/mol. The van der Waals surface area contributed by atoms with Crippen molar-refractivity contribution in [1.82, 2.24) is 14.3 Å². The van der Waals surface area contributed by atoms with E-state index in [2.05, 4.69) is 14.3 Å². The molecule has 0 spiro atoms. The van der Waals surface area contributed by atoms with E-state index in [1.165, 1.54) is 11.5 Å². The Labute approximate surface area is 111 Å². The highest BCUT2D eigenvalue weighted by Gasteiger charge is 2.34. The molecule has 1 aliphatic heterocycles. The zero-order chi connectivity index (χ0) is 12.5. The van der Waals surface area contributed by atoms with Crippen LogP contribution >= 0.6 is 11.5 Å². The first-order valence-electron chi connectivity index (χ1n) is 6.58. The van der Waals surface area contributed by atoms with Gasteiger partial charge in [0.2, 0.25) is 11.0 Å². The van der Waals surface area contributed by atoms with Gasteiger partial charge in [-0.1, -0.05) is 0 Å². The van der Waals surface area contributed by atoms with Crippen molar-refractivity contribution < 1.29 is 4.79 Å². The Kier molecular flexibility index (Phi) is 3.20. The Morgan fingerprint density at radius 2 is 2.11 bits per heavy atom. The van der Waals surface area contributed by atoms with Crippen LogP contribution in [-0.2, 0) is 4.79 Å². The van der Waals surface area contributed by atoms with Crippen molar-refractivity contribution in [3.63, 3.8) is 0 Å². The number of rotatable bonds is 2. The Morgan fingerprint density at radius 1 is 1.28 bits per heavy atom. The Morgan fingerprint density at radius 3 is 2.78 bits per heavy atom. The molecule has 98 valence electrons. The van der Waals surface area contributed by atoms with Gasteiger partial charge in [-0.05, 0) is 26.2 Å². The molecule has 0 unspecified atom stereocenters. The smallest absolute Gasteiger partial charge is 0.225 e. The molecule has 1 aromatic heterocycles. The van der Waals surface area contributed by atoms with Crippen LogP contribution < -0.4 is 4.90 Å². The summed E-state index contributed by atoms with van der Waals surface area (Å²) in [5, 5.41) is 0.994. The van der Waals surface area contributed by atoms with Crippen LogP contribution in [0.3, 0.4) is 0 Å². The fourth-order valence-electron chi connectivity index (χ4n) is 2.33. The van der Waals surface area contributed by atoms with Gasteiger partial charge < -0.3 is 9.80 Å². The molecule has 1 aromatic rings. The summed E-state index contributed by atoms with van der Waals surface area (Å²) in [6.07, 6.45) is 3.21. The standard InChI is InChI=1S/C12H18N4OS/c1-9-13-12(18-14-9)16-6-2-5-15(7-8-16)11(17)10-3-4-10/h10H,2-8H2,1H3. The van der Waals surface area contributed by atoms with Gasteiger partial charge in [0.05, 0.1) is 0 Å². The zero-order valence-electron chi connectivity index (χ0n) is 10.6. The van der Waals surface area contributed by atoms with E-state index in [4.69, 9.17) is 0 Å². The van der Waals surface area contributed by atoms with Crippen molar-refractivity contribution in [3.05, 3.63) is 5.82 Å². The second kappa shape index (κ2) is 4.84. The Balaban J connectivity index is 1.62. The molecule has 0 bridgehead atoms. The number of amides is 1. The van der Waals surface area contributed by atoms with E-state index >= 15 is 0 Å². The number of carbonyl (C=O) groups is 1. The lowest BCUT2D eigenvalue weighted by Crippen LogP contribution is -2.36. The first kappa shape index (κ1) is 11.9. The van der Waals surface area contributed by atoms with E-state index in [0.29, 0.717) is 11.8 Å². The van der Waals surface area contributed by atoms with Crippen LogP contribution in [0.2, 0.25) is 0 Å². The highest BCUT2D eigenvalue weighted by Crippen LogP contribution is 2.31. The predicted octanol–water partition coefficient (Wildman–Crippen LogP) is 1.30. The van der Waals surface area contributed by atoms with Crippen molar-refractivity contribution in [3.8, 4) is 0 Å². The summed E-state index contributed by atoms with van der Waals surface area (Å²) in [4.78, 5) is 20.8. The van der Waals surface area contributed by atoms with Gasteiger partial charge in [0.1, 0.15) is 5.82 Å². The molecular formula is C12H18N4OS. The summed E-state index contributed by atoms with van der Waals surface area (Å²) in [7, 11) is 0. The van der Waals surface area contributed by atoms with Crippen molar-refractivity contribution in [2.24, 2.45) is 5.92 Å². The number of hydrogen-bond donors (Lipinski definition) is 0. The lowest BCUT2D eigenvalue weighted by Gasteiger charge is -2.21. The molecule has 0 atom stereocenters. The molecule has 1 saturated heterocycles. The fourth-order valence-corrected chi connectivity index (χ4v) is 3.06. The van der Waals surface area contributed by atoms with Crippen molar-refractivity contribution in [2.75, 3.05) is 31.1 Å². The van der Waals surface area contributed by atoms with Crippen LogP contribution in [0.5, 0.6) is 0 Å². The summed E-state index contributed by atoms with van der Waals surface area (Å²) in [5.74, 6) is 1.54. The molecule has 3 rings (SSSR count). The van der Waals surface area contributed by atoms with Crippen molar-refractivity contribution in [1.29, 1.82) is 0 Å². The van der Waals surface area contributed by atoms with Crippen LogP contribution in [0.1, 0.15) is 25.1 Å². The van der Waals surface area contributed by atoms with Gasteiger partial charge in [0.15, 0.2) is 0 Å². The molecule has 5 nitrogen and oxygen atoms in total. The predicted molar refractivity (Wildman–Crippen MR) is 70.8 cm³/mol. The SMILES string of the molecule is Cc1nsc(N2CCCN(C(=O)C3CC3)CC2)n1.